The van der Waals surface area contributed by atoms with Crippen LogP contribution < -0.4 is 0 Å². The molecule has 0 aromatic heterocycles. The van der Waals surface area contributed by atoms with E-state index < -0.39 is 5.97 Å². The summed E-state index contributed by atoms with van der Waals surface area (Å²) >= 11 is 0. The Kier molecular flexibility index (Phi) is 3.74. The van der Waals surface area contributed by atoms with E-state index in [2.05, 4.69) is 0 Å². The molecule has 2 bridgehead atoms. The zero-order valence-corrected chi connectivity index (χ0v) is 12.3. The number of carbonyl (C=O) groups is 2. The van der Waals surface area contributed by atoms with Gasteiger partial charge in [-0.05, 0) is 49.4 Å². The number of rotatable bonds is 3. The Hall–Kier alpha value is -1.06. The highest BCUT2D eigenvalue weighted by Crippen LogP contribution is 2.49. The largest absolute Gasteiger partial charge is 0.481 e. The number of carbonyl (C=O) groups excluding carboxylic acids is 1. The van der Waals surface area contributed by atoms with Gasteiger partial charge in [0.05, 0.1) is 5.92 Å². The number of amides is 1. The maximum atomic E-state index is 12.5. The van der Waals surface area contributed by atoms with E-state index in [0.717, 1.165) is 18.4 Å². The van der Waals surface area contributed by atoms with Crippen molar-refractivity contribution in [2.75, 3.05) is 13.1 Å². The Morgan fingerprint density at radius 3 is 2.55 bits per heavy atom. The minimum absolute atomic E-state index is 0.195. The van der Waals surface area contributed by atoms with Gasteiger partial charge in [0.15, 0.2) is 0 Å². The molecule has 3 fully saturated rings. The third kappa shape index (κ3) is 2.70. The van der Waals surface area contributed by atoms with E-state index in [-0.39, 0.29) is 11.8 Å². The third-order valence-corrected chi connectivity index (χ3v) is 5.68. The van der Waals surface area contributed by atoms with Gasteiger partial charge in [-0.25, -0.2) is 0 Å². The molecule has 1 amide bonds. The van der Waals surface area contributed by atoms with Crippen LogP contribution in [0, 0.1) is 29.6 Å². The molecule has 0 spiro atoms. The Bertz CT molecular complexity index is 409. The van der Waals surface area contributed by atoms with Crippen LogP contribution in [0.2, 0.25) is 0 Å². The second-order valence-corrected chi connectivity index (χ2v) is 7.31. The summed E-state index contributed by atoms with van der Waals surface area (Å²) < 4.78 is 0. The second kappa shape index (κ2) is 5.38. The first-order chi connectivity index (χ1) is 9.52. The van der Waals surface area contributed by atoms with Crippen LogP contribution in [0.25, 0.3) is 0 Å². The Labute approximate surface area is 120 Å². The van der Waals surface area contributed by atoms with Crippen molar-refractivity contribution in [3.05, 3.63) is 0 Å². The lowest BCUT2D eigenvalue weighted by molar-refractivity contribution is -0.147. The molecule has 3 rings (SSSR count). The van der Waals surface area contributed by atoms with Crippen LogP contribution in [0.4, 0.5) is 0 Å². The molecule has 1 N–H and O–H groups in total. The first-order valence-electron chi connectivity index (χ1n) is 8.03. The van der Waals surface area contributed by atoms with E-state index >= 15 is 0 Å². The summed E-state index contributed by atoms with van der Waals surface area (Å²) in [5.41, 5.74) is 0. The summed E-state index contributed by atoms with van der Waals surface area (Å²) in [5.74, 6) is 1.57. The van der Waals surface area contributed by atoms with Crippen molar-refractivity contribution in [2.24, 2.45) is 29.6 Å². The quantitative estimate of drug-likeness (QED) is 0.863. The molecule has 1 saturated heterocycles. The Morgan fingerprint density at radius 1 is 1.15 bits per heavy atom. The van der Waals surface area contributed by atoms with Crippen molar-refractivity contribution in [3.63, 3.8) is 0 Å². The molecule has 5 unspecified atom stereocenters. The molecule has 3 aliphatic rings. The number of carboxylic acid groups (broad SMARTS) is 1. The molecule has 5 atom stereocenters. The fourth-order valence-electron chi connectivity index (χ4n) is 4.71. The molecule has 2 saturated carbocycles. The van der Waals surface area contributed by atoms with Crippen LogP contribution in [0.1, 0.15) is 45.4 Å². The monoisotopic (exact) mass is 279 g/mol. The predicted octanol–water partition coefficient (Wildman–Crippen LogP) is 2.38. The lowest BCUT2D eigenvalue weighted by Gasteiger charge is -2.35. The molecule has 1 heterocycles. The number of hydrogen-bond donors (Lipinski definition) is 1. The lowest BCUT2D eigenvalue weighted by Crippen LogP contribution is -2.46. The highest BCUT2D eigenvalue weighted by atomic mass is 16.4. The van der Waals surface area contributed by atoms with Gasteiger partial charge in [-0.2, -0.15) is 0 Å². The molecule has 4 heteroatoms. The highest BCUT2D eigenvalue weighted by molar-refractivity contribution is 5.78. The van der Waals surface area contributed by atoms with Crippen molar-refractivity contribution in [2.45, 2.75) is 45.4 Å². The number of piperidine rings is 1. The van der Waals surface area contributed by atoms with Crippen LogP contribution in [-0.4, -0.2) is 35.0 Å². The topological polar surface area (TPSA) is 57.6 Å². The predicted molar refractivity (Wildman–Crippen MR) is 75.0 cm³/mol. The third-order valence-electron chi connectivity index (χ3n) is 5.68. The number of hydrogen-bond acceptors (Lipinski definition) is 2. The minimum Gasteiger partial charge on any atom is -0.481 e. The van der Waals surface area contributed by atoms with Gasteiger partial charge in [0.1, 0.15) is 0 Å². The average Bonchev–Trinajstić information content (AvgIpc) is 3.00. The molecule has 20 heavy (non-hydrogen) atoms. The van der Waals surface area contributed by atoms with E-state index in [1.54, 1.807) is 0 Å². The first-order valence-corrected chi connectivity index (χ1v) is 8.03. The van der Waals surface area contributed by atoms with Crippen LogP contribution in [0.3, 0.4) is 0 Å². The smallest absolute Gasteiger partial charge is 0.308 e. The number of nitrogens with zero attached hydrogens (tertiary/aromatic N) is 1. The summed E-state index contributed by atoms with van der Waals surface area (Å²) in [6.45, 7) is 3.20. The number of likely N-dealkylation sites (tertiary alicyclic amines) is 1. The van der Waals surface area contributed by atoms with Gasteiger partial charge in [-0.3, -0.25) is 9.59 Å². The van der Waals surface area contributed by atoms with Gasteiger partial charge >= 0.3 is 5.97 Å². The average molecular weight is 279 g/mol. The van der Waals surface area contributed by atoms with Gasteiger partial charge in [0.25, 0.3) is 0 Å². The van der Waals surface area contributed by atoms with E-state index in [1.807, 2.05) is 11.8 Å². The molecule has 0 radical (unpaired) electrons. The summed E-state index contributed by atoms with van der Waals surface area (Å²) in [5, 5.41) is 9.19. The van der Waals surface area contributed by atoms with E-state index in [4.69, 9.17) is 0 Å². The summed E-state index contributed by atoms with van der Waals surface area (Å²) in [6, 6.07) is 0. The SMILES string of the molecule is CC1CC(C(=O)O)CN(C(=O)CC2CC3CCC2C3)C1. The Balaban J connectivity index is 1.57. The van der Waals surface area contributed by atoms with Gasteiger partial charge in [0.2, 0.25) is 5.91 Å². The van der Waals surface area contributed by atoms with E-state index in [1.165, 1.54) is 25.7 Å². The molecular weight excluding hydrogens is 254 g/mol. The van der Waals surface area contributed by atoms with Gasteiger partial charge in [0, 0.05) is 19.5 Å². The van der Waals surface area contributed by atoms with Crippen molar-refractivity contribution in [1.82, 2.24) is 4.90 Å². The fourth-order valence-corrected chi connectivity index (χ4v) is 4.71. The van der Waals surface area contributed by atoms with Crippen molar-refractivity contribution in [1.29, 1.82) is 0 Å². The van der Waals surface area contributed by atoms with Gasteiger partial charge in [-0.15, -0.1) is 0 Å². The van der Waals surface area contributed by atoms with Crippen LogP contribution >= 0.6 is 0 Å². The number of fused-ring (bicyclic) bond motifs is 2. The summed E-state index contributed by atoms with van der Waals surface area (Å²) in [6.07, 6.45) is 6.57. The second-order valence-electron chi connectivity index (χ2n) is 7.31. The van der Waals surface area contributed by atoms with Crippen molar-refractivity contribution < 1.29 is 14.7 Å². The maximum Gasteiger partial charge on any atom is 0.308 e. The molecular formula is C16H25NO3. The molecule has 0 aromatic rings. The molecule has 2 aliphatic carbocycles. The minimum atomic E-state index is -0.755. The molecule has 4 nitrogen and oxygen atoms in total. The van der Waals surface area contributed by atoms with Gasteiger partial charge < -0.3 is 10.0 Å². The molecule has 0 aromatic carbocycles. The Morgan fingerprint density at radius 2 is 1.95 bits per heavy atom. The fraction of sp³-hybridized carbons (Fsp3) is 0.875. The number of carboxylic acids is 1. The zero-order chi connectivity index (χ0) is 14.3. The summed E-state index contributed by atoms with van der Waals surface area (Å²) in [7, 11) is 0. The molecule has 112 valence electrons. The lowest BCUT2D eigenvalue weighted by atomic mass is 9.85. The standard InChI is InChI=1S/C16H25NO3/c1-10-4-14(16(19)20)9-17(8-10)15(18)7-13-6-11-2-3-12(13)5-11/h10-14H,2-9H2,1H3,(H,19,20). The highest BCUT2D eigenvalue weighted by Gasteiger charge is 2.41. The first kappa shape index (κ1) is 13.9. The van der Waals surface area contributed by atoms with E-state index in [9.17, 15) is 14.7 Å². The number of aliphatic carboxylic acids is 1. The van der Waals surface area contributed by atoms with Crippen LogP contribution in [-0.2, 0) is 9.59 Å². The normalized spacial score (nSPS) is 40.0. The van der Waals surface area contributed by atoms with Crippen molar-refractivity contribution >= 4 is 11.9 Å². The zero-order valence-electron chi connectivity index (χ0n) is 12.3. The van der Waals surface area contributed by atoms with Crippen molar-refractivity contribution in [3.8, 4) is 0 Å². The molecule has 1 aliphatic heterocycles. The van der Waals surface area contributed by atoms with Crippen LogP contribution in [0.5, 0.6) is 0 Å². The van der Waals surface area contributed by atoms with Gasteiger partial charge in [-0.1, -0.05) is 13.3 Å². The maximum absolute atomic E-state index is 12.5. The van der Waals surface area contributed by atoms with Crippen LogP contribution in [0.15, 0.2) is 0 Å². The van der Waals surface area contributed by atoms with E-state index in [0.29, 0.717) is 31.2 Å². The summed E-state index contributed by atoms with van der Waals surface area (Å²) in [4.78, 5) is 25.5.